The maximum atomic E-state index is 15.5. The van der Waals surface area contributed by atoms with Crippen molar-refractivity contribution >= 4 is 5.57 Å². The molecule has 0 amide bonds. The first kappa shape index (κ1) is 38.1. The van der Waals surface area contributed by atoms with Crippen molar-refractivity contribution in [1.29, 1.82) is 0 Å². The molecule has 5 rings (SSSR count). The van der Waals surface area contributed by atoms with Crippen LogP contribution in [0.4, 0.5) is 17.6 Å². The zero-order valence-corrected chi connectivity index (χ0v) is 30.5. The molecule has 0 bridgehead atoms. The molecule has 2 aliphatic carbocycles. The summed E-state index contributed by atoms with van der Waals surface area (Å²) in [6.07, 6.45) is 28.8. The number of benzene rings is 3. The fraction of sp³-hybridized carbons (Fsp3) is 0.522. The fourth-order valence-corrected chi connectivity index (χ4v) is 8.36. The lowest BCUT2D eigenvalue weighted by Crippen LogP contribution is -2.23. The topological polar surface area (TPSA) is 0 Å². The van der Waals surface area contributed by atoms with Crippen LogP contribution in [-0.2, 0) is 6.42 Å². The van der Waals surface area contributed by atoms with Crippen molar-refractivity contribution < 1.29 is 17.6 Å². The standard InChI is InChI=1S/C46H58F4/c1-3-5-7-9-10-11-12-13-15-33-17-19-34(20-18-33)35-21-23-36(24-22-35)41-31-32-42(46(50)45(41)49)38-27-25-37(26-28-38)40-30-29-39(43(47)44(40)48)16-14-8-6-4-2/h8,14,23,25-35H,3-7,9-13,15-22,24H2,1-2H3. The van der Waals surface area contributed by atoms with Gasteiger partial charge in [0.2, 0.25) is 0 Å². The summed E-state index contributed by atoms with van der Waals surface area (Å²) in [5, 5.41) is 0. The van der Waals surface area contributed by atoms with E-state index in [1.807, 2.05) is 12.2 Å². The molecular formula is C46H58F4. The molecule has 1 unspecified atom stereocenters. The summed E-state index contributed by atoms with van der Waals surface area (Å²) in [7, 11) is 0. The predicted octanol–water partition coefficient (Wildman–Crippen LogP) is 15.0. The van der Waals surface area contributed by atoms with Crippen molar-refractivity contribution in [3.63, 3.8) is 0 Å². The first-order valence-corrected chi connectivity index (χ1v) is 19.8. The van der Waals surface area contributed by atoms with E-state index in [-0.39, 0.29) is 11.1 Å². The van der Waals surface area contributed by atoms with Crippen molar-refractivity contribution in [3.8, 4) is 22.3 Å². The molecule has 1 atom stereocenters. The van der Waals surface area contributed by atoms with Gasteiger partial charge < -0.3 is 0 Å². The Hall–Kier alpha value is -3.14. The Bertz CT molecular complexity index is 1560. The van der Waals surface area contributed by atoms with Gasteiger partial charge >= 0.3 is 0 Å². The Morgan fingerprint density at radius 1 is 0.560 bits per heavy atom. The fourth-order valence-electron chi connectivity index (χ4n) is 8.36. The van der Waals surface area contributed by atoms with E-state index < -0.39 is 23.3 Å². The molecule has 1 fully saturated rings. The van der Waals surface area contributed by atoms with Gasteiger partial charge in [-0.3, -0.25) is 0 Å². The average Bonchev–Trinajstić information content (AvgIpc) is 3.14. The number of hydrogen-bond acceptors (Lipinski definition) is 0. The maximum Gasteiger partial charge on any atom is 0.167 e. The van der Waals surface area contributed by atoms with Crippen LogP contribution in [0.5, 0.6) is 0 Å². The van der Waals surface area contributed by atoms with E-state index in [9.17, 15) is 4.39 Å². The van der Waals surface area contributed by atoms with Crippen molar-refractivity contribution in [2.45, 2.75) is 136 Å². The van der Waals surface area contributed by atoms with Gasteiger partial charge in [0.1, 0.15) is 0 Å². The van der Waals surface area contributed by atoms with Gasteiger partial charge in [-0.2, -0.15) is 0 Å². The molecule has 0 aromatic heterocycles. The molecule has 0 spiro atoms. The lowest BCUT2D eigenvalue weighted by Gasteiger charge is -2.35. The minimum atomic E-state index is -0.898. The Morgan fingerprint density at radius 3 is 1.76 bits per heavy atom. The summed E-state index contributed by atoms with van der Waals surface area (Å²) in [4.78, 5) is 0. The molecular weight excluding hydrogens is 628 g/mol. The molecule has 3 aromatic rings. The molecule has 50 heavy (non-hydrogen) atoms. The van der Waals surface area contributed by atoms with Crippen LogP contribution in [0, 0.1) is 41.0 Å². The van der Waals surface area contributed by atoms with Crippen LogP contribution in [-0.4, -0.2) is 0 Å². The third-order valence-electron chi connectivity index (χ3n) is 11.5. The van der Waals surface area contributed by atoms with Crippen molar-refractivity contribution in [3.05, 3.63) is 101 Å². The Labute approximate surface area is 299 Å². The van der Waals surface area contributed by atoms with E-state index in [1.54, 1.807) is 48.5 Å². The highest BCUT2D eigenvalue weighted by Gasteiger charge is 2.29. The van der Waals surface area contributed by atoms with Crippen LogP contribution in [0.15, 0.2) is 66.8 Å². The van der Waals surface area contributed by atoms with Gasteiger partial charge in [0.15, 0.2) is 23.3 Å². The first-order chi connectivity index (χ1) is 24.4. The van der Waals surface area contributed by atoms with E-state index in [0.717, 1.165) is 49.5 Å². The summed E-state index contributed by atoms with van der Waals surface area (Å²) in [6.45, 7) is 4.34. The highest BCUT2D eigenvalue weighted by Crippen LogP contribution is 2.43. The van der Waals surface area contributed by atoms with Gasteiger partial charge in [-0.05, 0) is 85.0 Å². The van der Waals surface area contributed by atoms with Crippen LogP contribution in [0.25, 0.3) is 27.8 Å². The van der Waals surface area contributed by atoms with Gasteiger partial charge in [0.05, 0.1) is 0 Å². The Morgan fingerprint density at radius 2 is 1.14 bits per heavy atom. The Kier molecular flexibility index (Phi) is 14.8. The molecule has 0 heterocycles. The summed E-state index contributed by atoms with van der Waals surface area (Å²) >= 11 is 0. The molecule has 0 saturated heterocycles. The second-order valence-corrected chi connectivity index (χ2v) is 15.0. The van der Waals surface area contributed by atoms with Gasteiger partial charge in [0, 0.05) is 16.7 Å². The molecule has 0 nitrogen and oxygen atoms in total. The third-order valence-corrected chi connectivity index (χ3v) is 11.5. The molecule has 4 heteroatoms. The molecule has 3 aromatic carbocycles. The van der Waals surface area contributed by atoms with E-state index >= 15 is 13.2 Å². The Balaban J connectivity index is 1.13. The van der Waals surface area contributed by atoms with Crippen LogP contribution in [0.3, 0.4) is 0 Å². The lowest BCUT2D eigenvalue weighted by molar-refractivity contribution is 0.187. The van der Waals surface area contributed by atoms with Gasteiger partial charge in [-0.1, -0.05) is 158 Å². The number of rotatable bonds is 17. The number of allylic oxidation sites excluding steroid dienone is 4. The molecule has 0 aliphatic heterocycles. The van der Waals surface area contributed by atoms with Crippen LogP contribution in [0.1, 0.15) is 141 Å². The predicted molar refractivity (Wildman–Crippen MR) is 203 cm³/mol. The second-order valence-electron chi connectivity index (χ2n) is 15.0. The number of hydrogen-bond donors (Lipinski definition) is 0. The highest BCUT2D eigenvalue weighted by molar-refractivity contribution is 5.74. The lowest BCUT2D eigenvalue weighted by atomic mass is 9.70. The highest BCUT2D eigenvalue weighted by atomic mass is 19.2. The van der Waals surface area contributed by atoms with E-state index in [2.05, 4.69) is 19.9 Å². The van der Waals surface area contributed by atoms with E-state index in [0.29, 0.717) is 34.6 Å². The molecule has 1 saturated carbocycles. The quantitative estimate of drug-likeness (QED) is 0.0753. The normalized spacial score (nSPS) is 19.6. The molecule has 270 valence electrons. The smallest absolute Gasteiger partial charge is 0.167 e. The summed E-state index contributed by atoms with van der Waals surface area (Å²) in [5.74, 6) is -1.13. The second kappa shape index (κ2) is 19.5. The van der Waals surface area contributed by atoms with Gasteiger partial charge in [-0.15, -0.1) is 0 Å². The van der Waals surface area contributed by atoms with Crippen molar-refractivity contribution in [1.82, 2.24) is 0 Å². The average molecular weight is 687 g/mol. The zero-order chi connectivity index (χ0) is 35.3. The summed E-state index contributed by atoms with van der Waals surface area (Å²) in [6, 6.07) is 13.1. The largest absolute Gasteiger partial charge is 0.203 e. The van der Waals surface area contributed by atoms with Crippen LogP contribution in [0.2, 0.25) is 0 Å². The van der Waals surface area contributed by atoms with Gasteiger partial charge in [-0.25, -0.2) is 17.6 Å². The molecule has 0 radical (unpaired) electrons. The SMILES string of the molecule is CCCC=CCc1ccc(-c2ccc(-c3ccc(C4=CCC(C5CCC(CCCCCCCCCC)CC5)CC4)c(F)c3F)cc2)c(F)c1F. The molecule has 0 N–H and O–H groups in total. The maximum absolute atomic E-state index is 15.5. The third kappa shape index (κ3) is 10.0. The van der Waals surface area contributed by atoms with E-state index in [1.165, 1.54) is 83.5 Å². The van der Waals surface area contributed by atoms with Crippen molar-refractivity contribution in [2.75, 3.05) is 0 Å². The summed E-state index contributed by atoms with van der Waals surface area (Å²) in [5.41, 5.74) is 2.86. The number of unbranched alkanes of at least 4 members (excludes halogenated alkanes) is 8. The van der Waals surface area contributed by atoms with Crippen LogP contribution < -0.4 is 0 Å². The summed E-state index contributed by atoms with van der Waals surface area (Å²) < 4.78 is 60.9. The van der Waals surface area contributed by atoms with Crippen molar-refractivity contribution in [2.24, 2.45) is 17.8 Å². The molecule has 2 aliphatic rings. The zero-order valence-electron chi connectivity index (χ0n) is 30.5. The monoisotopic (exact) mass is 686 g/mol. The van der Waals surface area contributed by atoms with Crippen LogP contribution >= 0.6 is 0 Å². The van der Waals surface area contributed by atoms with E-state index in [4.69, 9.17) is 0 Å². The van der Waals surface area contributed by atoms with Gasteiger partial charge in [0.25, 0.3) is 0 Å². The number of halogens is 4. The first-order valence-electron chi connectivity index (χ1n) is 19.8. The minimum absolute atomic E-state index is 0.145. The minimum Gasteiger partial charge on any atom is -0.203 e.